The molecule has 1 atom stereocenters. The molecule has 1 unspecified atom stereocenters. The Kier molecular flexibility index (Phi) is 3.20. The summed E-state index contributed by atoms with van der Waals surface area (Å²) in [7, 11) is -0.677. The normalized spacial score (nSPS) is 11.0. The molecule has 0 aliphatic rings. The Labute approximate surface area is 72.3 Å². The lowest BCUT2D eigenvalue weighted by Crippen LogP contribution is -1.85. The Balaban J connectivity index is 2.75. The largest absolute Gasteiger partial charge is 0.749 e. The predicted octanol–water partition coefficient (Wildman–Crippen LogP) is 2.68. The van der Waals surface area contributed by atoms with Crippen LogP contribution in [0.25, 0.3) is 0 Å². The quantitative estimate of drug-likeness (QED) is 0.679. The third-order valence-corrected chi connectivity index (χ3v) is 2.06. The fraction of sp³-hybridized carbons (Fsp3) is 0.250. The minimum absolute atomic E-state index is 0.598. The zero-order valence-electron chi connectivity index (χ0n) is 6.98. The third kappa shape index (κ3) is 2.29. The molecule has 3 nitrogen and oxygen atoms in total. The van der Waals surface area contributed by atoms with Gasteiger partial charge in [-0.1, -0.05) is 18.2 Å². The first-order valence-electron chi connectivity index (χ1n) is 3.49. The summed E-state index contributed by atoms with van der Waals surface area (Å²) in [4.78, 5) is 0. The molecule has 0 spiro atoms. The van der Waals surface area contributed by atoms with Crippen LogP contribution in [0.1, 0.15) is 5.56 Å². The Morgan fingerprint density at radius 3 is 2.58 bits per heavy atom. The highest BCUT2D eigenvalue weighted by Gasteiger charge is 2.19. The van der Waals surface area contributed by atoms with E-state index in [1.807, 2.05) is 25.1 Å². The Morgan fingerprint density at radius 1 is 1.33 bits per heavy atom. The Bertz CT molecular complexity index is 285. The van der Waals surface area contributed by atoms with Crippen LogP contribution in [0.15, 0.2) is 24.3 Å². The van der Waals surface area contributed by atoms with Gasteiger partial charge in [0.1, 0.15) is 0 Å². The van der Waals surface area contributed by atoms with Gasteiger partial charge in [-0.25, -0.2) is 4.52 Å². The number of benzene rings is 1. The van der Waals surface area contributed by atoms with Crippen LogP contribution in [0.2, 0.25) is 0 Å². The lowest BCUT2D eigenvalue weighted by atomic mass is 10.2. The van der Waals surface area contributed by atoms with E-state index >= 15 is 0 Å². The van der Waals surface area contributed by atoms with Gasteiger partial charge in [-0.15, -0.1) is 4.52 Å². The first-order chi connectivity index (χ1) is 5.74. The highest BCUT2D eigenvalue weighted by Crippen LogP contribution is 2.28. The van der Waals surface area contributed by atoms with Gasteiger partial charge in [0.2, 0.25) is 0 Å². The van der Waals surface area contributed by atoms with E-state index in [2.05, 4.69) is 4.52 Å². The van der Waals surface area contributed by atoms with E-state index in [0.29, 0.717) is 5.75 Å². The SMILES string of the molecule is CO[P+](=O)Oc1ccccc1C. The molecular weight excluding hydrogens is 175 g/mol. The van der Waals surface area contributed by atoms with Crippen LogP contribution in [-0.2, 0) is 9.09 Å². The van der Waals surface area contributed by atoms with Crippen molar-refractivity contribution in [1.29, 1.82) is 0 Å². The molecule has 0 heterocycles. The average Bonchev–Trinajstić information content (AvgIpc) is 2.09. The topological polar surface area (TPSA) is 35.5 Å². The summed E-state index contributed by atoms with van der Waals surface area (Å²) in [6, 6.07) is 7.35. The van der Waals surface area contributed by atoms with Gasteiger partial charge < -0.3 is 0 Å². The highest BCUT2D eigenvalue weighted by atomic mass is 31.1. The van der Waals surface area contributed by atoms with Crippen LogP contribution in [0.5, 0.6) is 5.75 Å². The van der Waals surface area contributed by atoms with Gasteiger partial charge in [-0.3, -0.25) is 0 Å². The summed E-state index contributed by atoms with van der Waals surface area (Å²) in [6.45, 7) is 1.88. The van der Waals surface area contributed by atoms with E-state index in [0.717, 1.165) is 5.56 Å². The molecule has 0 saturated heterocycles. The van der Waals surface area contributed by atoms with Gasteiger partial charge in [0, 0.05) is 4.57 Å². The van der Waals surface area contributed by atoms with E-state index in [9.17, 15) is 4.57 Å². The summed E-state index contributed by atoms with van der Waals surface area (Å²) in [5, 5.41) is 0. The molecule has 0 aliphatic heterocycles. The van der Waals surface area contributed by atoms with Crippen molar-refractivity contribution in [3.63, 3.8) is 0 Å². The maximum absolute atomic E-state index is 10.8. The van der Waals surface area contributed by atoms with E-state index < -0.39 is 8.25 Å². The molecule has 12 heavy (non-hydrogen) atoms. The molecule has 64 valence electrons. The minimum Gasteiger partial charge on any atom is -0.229 e. The van der Waals surface area contributed by atoms with Gasteiger partial charge in [0.15, 0.2) is 5.75 Å². The van der Waals surface area contributed by atoms with E-state index in [4.69, 9.17) is 4.52 Å². The number of hydrogen-bond donors (Lipinski definition) is 0. The van der Waals surface area contributed by atoms with Crippen LogP contribution in [0.3, 0.4) is 0 Å². The smallest absolute Gasteiger partial charge is 0.229 e. The monoisotopic (exact) mass is 185 g/mol. The van der Waals surface area contributed by atoms with Crippen molar-refractivity contribution in [1.82, 2.24) is 0 Å². The van der Waals surface area contributed by atoms with Gasteiger partial charge in [0.05, 0.1) is 7.11 Å². The van der Waals surface area contributed by atoms with Gasteiger partial charge in [-0.2, -0.15) is 0 Å². The second-order valence-electron chi connectivity index (χ2n) is 2.26. The van der Waals surface area contributed by atoms with Crippen molar-refractivity contribution in [3.05, 3.63) is 29.8 Å². The van der Waals surface area contributed by atoms with Crippen molar-refractivity contribution in [3.8, 4) is 5.75 Å². The molecule has 0 aromatic heterocycles. The van der Waals surface area contributed by atoms with Crippen LogP contribution in [-0.4, -0.2) is 7.11 Å². The molecule has 0 aliphatic carbocycles. The molecule has 0 radical (unpaired) electrons. The summed E-state index contributed by atoms with van der Waals surface area (Å²) < 4.78 is 20.3. The maximum atomic E-state index is 10.8. The molecule has 0 fully saturated rings. The third-order valence-electron chi connectivity index (χ3n) is 1.42. The first kappa shape index (κ1) is 9.17. The highest BCUT2D eigenvalue weighted by molar-refractivity contribution is 7.33. The average molecular weight is 185 g/mol. The summed E-state index contributed by atoms with van der Waals surface area (Å²) in [5.74, 6) is 0.598. The van der Waals surface area contributed by atoms with Crippen LogP contribution in [0.4, 0.5) is 0 Å². The van der Waals surface area contributed by atoms with Gasteiger partial charge in [0.25, 0.3) is 0 Å². The number of aryl methyl sites for hydroxylation is 1. The molecular formula is C8H10O3P+. The standard InChI is InChI=1S/C8H10O3P/c1-7-5-3-4-6-8(7)11-12(9)10-2/h3-6H,1-2H3/q+1. The Morgan fingerprint density at radius 2 is 2.00 bits per heavy atom. The second kappa shape index (κ2) is 4.19. The summed E-state index contributed by atoms with van der Waals surface area (Å²) in [5.41, 5.74) is 0.943. The molecule has 0 N–H and O–H groups in total. The van der Waals surface area contributed by atoms with Crippen molar-refractivity contribution < 1.29 is 13.6 Å². The lowest BCUT2D eigenvalue weighted by molar-refractivity contribution is 0.348. The maximum Gasteiger partial charge on any atom is 0.749 e. The lowest BCUT2D eigenvalue weighted by Gasteiger charge is -1.95. The summed E-state index contributed by atoms with van der Waals surface area (Å²) >= 11 is 0. The van der Waals surface area contributed by atoms with Crippen LogP contribution < -0.4 is 4.52 Å². The number of hydrogen-bond acceptors (Lipinski definition) is 3. The molecule has 0 saturated carbocycles. The molecule has 4 heteroatoms. The van der Waals surface area contributed by atoms with Crippen molar-refractivity contribution in [2.75, 3.05) is 7.11 Å². The second-order valence-corrected chi connectivity index (χ2v) is 3.26. The van der Waals surface area contributed by atoms with Crippen LogP contribution in [0, 0.1) is 6.92 Å². The zero-order chi connectivity index (χ0) is 8.97. The molecule has 1 aromatic carbocycles. The molecule has 0 amide bonds. The predicted molar refractivity (Wildman–Crippen MR) is 46.4 cm³/mol. The number of para-hydroxylation sites is 1. The minimum atomic E-state index is -2.02. The molecule has 1 rings (SSSR count). The van der Waals surface area contributed by atoms with Crippen molar-refractivity contribution in [2.24, 2.45) is 0 Å². The van der Waals surface area contributed by atoms with E-state index in [1.165, 1.54) is 7.11 Å². The molecule has 0 bridgehead atoms. The fourth-order valence-corrected chi connectivity index (χ4v) is 1.22. The fourth-order valence-electron chi connectivity index (χ4n) is 0.776. The van der Waals surface area contributed by atoms with Crippen molar-refractivity contribution >= 4 is 8.25 Å². The number of rotatable bonds is 3. The van der Waals surface area contributed by atoms with Gasteiger partial charge in [-0.05, 0) is 18.6 Å². The van der Waals surface area contributed by atoms with Crippen LogP contribution >= 0.6 is 8.25 Å². The van der Waals surface area contributed by atoms with E-state index in [-0.39, 0.29) is 0 Å². The first-order valence-corrected chi connectivity index (χ1v) is 4.58. The Hall–Kier alpha value is -0.920. The van der Waals surface area contributed by atoms with E-state index in [1.54, 1.807) is 6.07 Å². The van der Waals surface area contributed by atoms with Crippen molar-refractivity contribution in [2.45, 2.75) is 6.92 Å². The zero-order valence-corrected chi connectivity index (χ0v) is 7.88. The van der Waals surface area contributed by atoms with Gasteiger partial charge >= 0.3 is 8.25 Å². The molecule has 1 aromatic rings. The summed E-state index contributed by atoms with van der Waals surface area (Å²) in [6.07, 6.45) is 0.